The lowest BCUT2D eigenvalue weighted by molar-refractivity contribution is 0.168. The van der Waals surface area contributed by atoms with Gasteiger partial charge in [0.25, 0.3) is 0 Å². The molecule has 112 valence electrons. The topological polar surface area (TPSA) is 47.1 Å². The van der Waals surface area contributed by atoms with E-state index in [1.54, 1.807) is 0 Å². The van der Waals surface area contributed by atoms with E-state index in [9.17, 15) is 0 Å². The van der Waals surface area contributed by atoms with Crippen molar-refractivity contribution in [2.75, 3.05) is 19.6 Å². The molecule has 2 aromatic rings. The van der Waals surface area contributed by atoms with E-state index in [2.05, 4.69) is 51.9 Å². The Kier molecular flexibility index (Phi) is 4.36. The zero-order chi connectivity index (χ0) is 14.7. The van der Waals surface area contributed by atoms with E-state index >= 15 is 0 Å². The first kappa shape index (κ1) is 14.3. The number of hydrogen-bond donors (Lipinski definition) is 1. The lowest BCUT2D eigenvalue weighted by Gasteiger charge is -2.32. The van der Waals surface area contributed by atoms with Gasteiger partial charge in [-0.15, -0.1) is 0 Å². The van der Waals surface area contributed by atoms with Crippen molar-refractivity contribution in [2.24, 2.45) is 11.7 Å². The zero-order valence-electron chi connectivity index (χ0n) is 12.7. The summed E-state index contributed by atoms with van der Waals surface area (Å²) >= 11 is 0. The molecule has 1 aromatic heterocycles. The number of nitrogens with zero attached hydrogens (tertiary/aromatic N) is 3. The van der Waals surface area contributed by atoms with Gasteiger partial charge in [0.2, 0.25) is 0 Å². The van der Waals surface area contributed by atoms with Crippen LogP contribution in [0.1, 0.15) is 24.1 Å². The minimum absolute atomic E-state index is 0.647. The Hall–Kier alpha value is -1.65. The van der Waals surface area contributed by atoms with Crippen LogP contribution in [-0.2, 0) is 6.54 Å². The van der Waals surface area contributed by atoms with Crippen molar-refractivity contribution in [3.8, 4) is 5.69 Å². The van der Waals surface area contributed by atoms with Crippen LogP contribution >= 0.6 is 0 Å². The first-order valence-corrected chi connectivity index (χ1v) is 7.79. The second kappa shape index (κ2) is 6.41. The zero-order valence-corrected chi connectivity index (χ0v) is 12.7. The second-order valence-corrected chi connectivity index (χ2v) is 6.00. The number of nitrogens with two attached hydrogens (primary N) is 1. The van der Waals surface area contributed by atoms with Crippen molar-refractivity contribution in [1.29, 1.82) is 0 Å². The summed E-state index contributed by atoms with van der Waals surface area (Å²) in [4.78, 5) is 2.51. The highest BCUT2D eigenvalue weighted by Gasteiger charge is 2.20. The van der Waals surface area contributed by atoms with E-state index < -0.39 is 0 Å². The number of hydrogen-bond acceptors (Lipinski definition) is 3. The Bertz CT molecular complexity index is 590. The Balaban J connectivity index is 1.78. The Morgan fingerprint density at radius 2 is 2.14 bits per heavy atom. The molecule has 0 radical (unpaired) electrons. The highest BCUT2D eigenvalue weighted by Crippen LogP contribution is 2.20. The minimum Gasteiger partial charge on any atom is -0.330 e. The molecule has 1 atom stereocenters. The summed E-state index contributed by atoms with van der Waals surface area (Å²) in [6.07, 6.45) is 4.41. The van der Waals surface area contributed by atoms with Gasteiger partial charge in [0.1, 0.15) is 0 Å². The third-order valence-corrected chi connectivity index (χ3v) is 4.39. The van der Waals surface area contributed by atoms with Crippen LogP contribution in [-0.4, -0.2) is 34.3 Å². The molecule has 1 saturated heterocycles. The number of piperidine rings is 1. The normalized spacial score (nSPS) is 19.8. The van der Waals surface area contributed by atoms with Crippen LogP contribution in [0.3, 0.4) is 0 Å². The molecule has 2 heterocycles. The third kappa shape index (κ3) is 3.17. The van der Waals surface area contributed by atoms with Gasteiger partial charge in [-0.3, -0.25) is 4.90 Å². The first-order chi connectivity index (χ1) is 10.3. The molecule has 1 fully saturated rings. The number of likely N-dealkylation sites (tertiary alicyclic amines) is 1. The van der Waals surface area contributed by atoms with Gasteiger partial charge in [-0.25, -0.2) is 4.68 Å². The lowest BCUT2D eigenvalue weighted by atomic mass is 9.98. The molecule has 4 nitrogen and oxygen atoms in total. The van der Waals surface area contributed by atoms with Gasteiger partial charge in [-0.1, -0.05) is 18.2 Å². The molecular weight excluding hydrogens is 260 g/mol. The minimum atomic E-state index is 0.647. The molecule has 3 rings (SSSR count). The number of rotatable bonds is 4. The molecule has 0 saturated carbocycles. The molecule has 2 N–H and O–H groups in total. The number of aryl methyl sites for hydroxylation is 1. The average molecular weight is 284 g/mol. The number of aromatic nitrogens is 2. The molecule has 1 aromatic carbocycles. The van der Waals surface area contributed by atoms with E-state index in [1.165, 1.54) is 29.8 Å². The summed E-state index contributed by atoms with van der Waals surface area (Å²) in [5.74, 6) is 0.647. The smallest absolute Gasteiger partial charge is 0.0678 e. The molecule has 21 heavy (non-hydrogen) atoms. The van der Waals surface area contributed by atoms with Crippen LogP contribution < -0.4 is 5.73 Å². The third-order valence-electron chi connectivity index (χ3n) is 4.39. The number of para-hydroxylation sites is 1. The van der Waals surface area contributed by atoms with Gasteiger partial charge >= 0.3 is 0 Å². The largest absolute Gasteiger partial charge is 0.330 e. The summed E-state index contributed by atoms with van der Waals surface area (Å²) in [6, 6.07) is 10.5. The highest BCUT2D eigenvalue weighted by molar-refractivity contribution is 5.40. The van der Waals surface area contributed by atoms with Gasteiger partial charge < -0.3 is 5.73 Å². The van der Waals surface area contributed by atoms with Crippen LogP contribution in [0.4, 0.5) is 0 Å². The maximum atomic E-state index is 5.84. The summed E-state index contributed by atoms with van der Waals surface area (Å²) in [6.45, 7) is 6.15. The van der Waals surface area contributed by atoms with Gasteiger partial charge in [0.05, 0.1) is 11.4 Å². The van der Waals surface area contributed by atoms with Gasteiger partial charge in [-0.2, -0.15) is 5.10 Å². The van der Waals surface area contributed by atoms with Crippen molar-refractivity contribution < 1.29 is 0 Å². The average Bonchev–Trinajstić information content (AvgIpc) is 2.96. The maximum absolute atomic E-state index is 5.84. The van der Waals surface area contributed by atoms with Crippen LogP contribution in [0.25, 0.3) is 5.69 Å². The Morgan fingerprint density at radius 3 is 2.95 bits per heavy atom. The Labute approximate surface area is 126 Å². The first-order valence-electron chi connectivity index (χ1n) is 7.79. The molecular formula is C17H24N4. The fraction of sp³-hybridized carbons (Fsp3) is 0.471. The molecule has 0 bridgehead atoms. The van der Waals surface area contributed by atoms with E-state index in [-0.39, 0.29) is 0 Å². The van der Waals surface area contributed by atoms with Crippen molar-refractivity contribution >= 4 is 0 Å². The Morgan fingerprint density at radius 1 is 1.29 bits per heavy atom. The summed E-state index contributed by atoms with van der Waals surface area (Å²) in [5.41, 5.74) is 9.51. The molecule has 1 unspecified atom stereocenters. The van der Waals surface area contributed by atoms with E-state index in [0.717, 1.165) is 26.2 Å². The van der Waals surface area contributed by atoms with Crippen LogP contribution in [0.5, 0.6) is 0 Å². The fourth-order valence-corrected chi connectivity index (χ4v) is 3.18. The lowest BCUT2D eigenvalue weighted by Crippen LogP contribution is -2.38. The number of benzene rings is 1. The fourth-order valence-electron chi connectivity index (χ4n) is 3.18. The van der Waals surface area contributed by atoms with Crippen LogP contribution in [0.15, 0.2) is 36.5 Å². The van der Waals surface area contributed by atoms with Gasteiger partial charge in [0, 0.05) is 19.3 Å². The van der Waals surface area contributed by atoms with E-state index in [4.69, 9.17) is 5.73 Å². The molecule has 0 spiro atoms. The van der Waals surface area contributed by atoms with Crippen LogP contribution in [0.2, 0.25) is 0 Å². The monoisotopic (exact) mass is 284 g/mol. The maximum Gasteiger partial charge on any atom is 0.0678 e. The molecule has 4 heteroatoms. The highest BCUT2D eigenvalue weighted by atomic mass is 15.3. The molecule has 0 aliphatic carbocycles. The predicted molar refractivity (Wildman–Crippen MR) is 85.4 cm³/mol. The summed E-state index contributed by atoms with van der Waals surface area (Å²) < 4.78 is 2.07. The molecule has 0 amide bonds. The second-order valence-electron chi connectivity index (χ2n) is 6.00. The van der Waals surface area contributed by atoms with Crippen molar-refractivity contribution in [2.45, 2.75) is 26.3 Å². The SMILES string of the molecule is Cc1ccccc1-n1nccc1CN1CCCC(CN)C1. The van der Waals surface area contributed by atoms with Crippen molar-refractivity contribution in [3.63, 3.8) is 0 Å². The quantitative estimate of drug-likeness (QED) is 0.937. The predicted octanol–water partition coefficient (Wildman–Crippen LogP) is 2.35. The van der Waals surface area contributed by atoms with Crippen molar-refractivity contribution in [1.82, 2.24) is 14.7 Å². The summed E-state index contributed by atoms with van der Waals surface area (Å²) in [5, 5.41) is 4.52. The van der Waals surface area contributed by atoms with Gasteiger partial charge in [-0.05, 0) is 56.5 Å². The molecule has 1 aliphatic heterocycles. The van der Waals surface area contributed by atoms with Crippen LogP contribution in [0, 0.1) is 12.8 Å². The standard InChI is InChI=1S/C17H24N4/c1-14-5-2-3-7-17(14)21-16(8-9-19-21)13-20-10-4-6-15(11-18)12-20/h2-3,5,7-9,15H,4,6,10-13,18H2,1H3. The van der Waals surface area contributed by atoms with Crippen molar-refractivity contribution in [3.05, 3.63) is 47.8 Å². The van der Waals surface area contributed by atoms with E-state index in [0.29, 0.717) is 5.92 Å². The van der Waals surface area contributed by atoms with Gasteiger partial charge in [0.15, 0.2) is 0 Å². The summed E-state index contributed by atoms with van der Waals surface area (Å²) in [7, 11) is 0. The molecule has 1 aliphatic rings. The van der Waals surface area contributed by atoms with E-state index in [1.807, 2.05) is 6.20 Å².